The SMILES string of the molecule is CC(=O)NC[C@H]1CCCC[C@@H]1CNC(C)=O. The third kappa shape index (κ3) is 4.64. The second kappa shape index (κ2) is 6.51. The summed E-state index contributed by atoms with van der Waals surface area (Å²) in [7, 11) is 0. The molecule has 0 unspecified atom stereocenters. The average Bonchev–Trinajstić information content (AvgIpc) is 2.24. The standard InChI is InChI=1S/C12H22N2O2/c1-9(15)13-7-11-5-3-4-6-12(11)8-14-10(2)16/h11-12H,3-8H2,1-2H3,(H,13,15)(H,14,16)/t11-,12-/m1/s1. The van der Waals surface area contributed by atoms with Crippen molar-refractivity contribution in [2.75, 3.05) is 13.1 Å². The van der Waals surface area contributed by atoms with Crippen molar-refractivity contribution in [3.8, 4) is 0 Å². The summed E-state index contributed by atoms with van der Waals surface area (Å²) in [5, 5.41) is 5.76. The molecule has 1 rings (SSSR count). The van der Waals surface area contributed by atoms with Gasteiger partial charge in [-0.05, 0) is 24.7 Å². The first-order chi connectivity index (χ1) is 7.59. The van der Waals surface area contributed by atoms with Crippen molar-refractivity contribution in [1.82, 2.24) is 10.6 Å². The van der Waals surface area contributed by atoms with E-state index < -0.39 is 0 Å². The zero-order valence-electron chi connectivity index (χ0n) is 10.2. The second-order valence-electron chi connectivity index (χ2n) is 4.68. The predicted molar refractivity (Wildman–Crippen MR) is 62.8 cm³/mol. The Labute approximate surface area is 97.2 Å². The van der Waals surface area contributed by atoms with Crippen LogP contribution >= 0.6 is 0 Å². The van der Waals surface area contributed by atoms with Crippen molar-refractivity contribution >= 4 is 11.8 Å². The van der Waals surface area contributed by atoms with E-state index in [1.165, 1.54) is 12.8 Å². The lowest BCUT2D eigenvalue weighted by Crippen LogP contribution is -2.38. The molecule has 1 fully saturated rings. The summed E-state index contributed by atoms with van der Waals surface area (Å²) in [6.07, 6.45) is 4.79. The van der Waals surface area contributed by atoms with Crippen molar-refractivity contribution in [2.24, 2.45) is 11.8 Å². The minimum Gasteiger partial charge on any atom is -0.356 e. The molecule has 16 heavy (non-hydrogen) atoms. The highest BCUT2D eigenvalue weighted by molar-refractivity contribution is 5.73. The molecule has 0 aromatic rings. The van der Waals surface area contributed by atoms with E-state index in [-0.39, 0.29) is 11.8 Å². The molecule has 0 bridgehead atoms. The smallest absolute Gasteiger partial charge is 0.216 e. The average molecular weight is 226 g/mol. The summed E-state index contributed by atoms with van der Waals surface area (Å²) >= 11 is 0. The van der Waals surface area contributed by atoms with E-state index >= 15 is 0 Å². The topological polar surface area (TPSA) is 58.2 Å². The van der Waals surface area contributed by atoms with Crippen LogP contribution in [0.3, 0.4) is 0 Å². The molecular formula is C12H22N2O2. The first kappa shape index (κ1) is 13.0. The highest BCUT2D eigenvalue weighted by atomic mass is 16.2. The number of nitrogens with one attached hydrogen (secondary N) is 2. The lowest BCUT2D eigenvalue weighted by molar-refractivity contribution is -0.120. The number of carbonyl (C=O) groups excluding carboxylic acids is 2. The Balaban J connectivity index is 2.37. The Morgan fingerprint density at radius 2 is 1.31 bits per heavy atom. The fourth-order valence-corrected chi connectivity index (χ4v) is 2.37. The van der Waals surface area contributed by atoms with Crippen LogP contribution in [-0.4, -0.2) is 24.9 Å². The Morgan fingerprint density at radius 3 is 1.62 bits per heavy atom. The molecule has 2 amide bonds. The third-order valence-corrected chi connectivity index (χ3v) is 3.29. The molecule has 0 saturated heterocycles. The van der Waals surface area contributed by atoms with E-state index in [2.05, 4.69) is 10.6 Å². The molecule has 0 aromatic heterocycles. The molecule has 0 heterocycles. The van der Waals surface area contributed by atoms with E-state index in [9.17, 15) is 9.59 Å². The Kier molecular flexibility index (Phi) is 5.29. The van der Waals surface area contributed by atoms with Gasteiger partial charge in [-0.2, -0.15) is 0 Å². The summed E-state index contributed by atoms with van der Waals surface area (Å²) in [5.74, 6) is 1.10. The van der Waals surface area contributed by atoms with Crippen LogP contribution in [0.2, 0.25) is 0 Å². The molecule has 1 aliphatic rings. The molecule has 0 radical (unpaired) electrons. The highest BCUT2D eigenvalue weighted by Gasteiger charge is 2.25. The fourth-order valence-electron chi connectivity index (χ4n) is 2.37. The number of amides is 2. The van der Waals surface area contributed by atoms with Crippen LogP contribution in [0.4, 0.5) is 0 Å². The number of rotatable bonds is 4. The van der Waals surface area contributed by atoms with Crippen LogP contribution in [0.5, 0.6) is 0 Å². The van der Waals surface area contributed by atoms with Crippen molar-refractivity contribution in [1.29, 1.82) is 0 Å². The zero-order chi connectivity index (χ0) is 12.0. The summed E-state index contributed by atoms with van der Waals surface area (Å²) < 4.78 is 0. The second-order valence-corrected chi connectivity index (χ2v) is 4.68. The van der Waals surface area contributed by atoms with E-state index in [0.29, 0.717) is 11.8 Å². The van der Waals surface area contributed by atoms with Gasteiger partial charge in [0.05, 0.1) is 0 Å². The molecule has 4 nitrogen and oxygen atoms in total. The largest absolute Gasteiger partial charge is 0.356 e. The van der Waals surface area contributed by atoms with Gasteiger partial charge in [-0.25, -0.2) is 0 Å². The van der Waals surface area contributed by atoms with Gasteiger partial charge in [0.25, 0.3) is 0 Å². The third-order valence-electron chi connectivity index (χ3n) is 3.29. The summed E-state index contributed by atoms with van der Waals surface area (Å²) in [6, 6.07) is 0. The summed E-state index contributed by atoms with van der Waals surface area (Å²) in [5.41, 5.74) is 0. The van der Waals surface area contributed by atoms with Gasteiger partial charge in [0, 0.05) is 26.9 Å². The minimum atomic E-state index is 0.0313. The van der Waals surface area contributed by atoms with Gasteiger partial charge in [-0.15, -0.1) is 0 Å². The summed E-state index contributed by atoms with van der Waals surface area (Å²) in [6.45, 7) is 4.59. The molecule has 0 aromatic carbocycles. The Bertz CT molecular complexity index is 227. The minimum absolute atomic E-state index is 0.0313. The van der Waals surface area contributed by atoms with Crippen molar-refractivity contribution in [3.05, 3.63) is 0 Å². The number of hydrogen-bond acceptors (Lipinski definition) is 2. The highest BCUT2D eigenvalue weighted by Crippen LogP contribution is 2.29. The van der Waals surface area contributed by atoms with Gasteiger partial charge >= 0.3 is 0 Å². The molecule has 0 spiro atoms. The monoisotopic (exact) mass is 226 g/mol. The van der Waals surface area contributed by atoms with Gasteiger partial charge in [0.2, 0.25) is 11.8 Å². The van der Waals surface area contributed by atoms with Gasteiger partial charge < -0.3 is 10.6 Å². The molecule has 92 valence electrons. The predicted octanol–water partition coefficient (Wildman–Crippen LogP) is 1.06. The Hall–Kier alpha value is -1.06. The van der Waals surface area contributed by atoms with Crippen LogP contribution in [0, 0.1) is 11.8 Å². The molecular weight excluding hydrogens is 204 g/mol. The van der Waals surface area contributed by atoms with Crippen molar-refractivity contribution < 1.29 is 9.59 Å². The van der Waals surface area contributed by atoms with Crippen LogP contribution in [0.15, 0.2) is 0 Å². The van der Waals surface area contributed by atoms with E-state index in [1.54, 1.807) is 13.8 Å². The first-order valence-electron chi connectivity index (χ1n) is 6.08. The van der Waals surface area contributed by atoms with Gasteiger partial charge in [-0.1, -0.05) is 12.8 Å². The van der Waals surface area contributed by atoms with E-state index in [4.69, 9.17) is 0 Å². The molecule has 1 saturated carbocycles. The lowest BCUT2D eigenvalue weighted by Gasteiger charge is -2.31. The van der Waals surface area contributed by atoms with Crippen LogP contribution in [-0.2, 0) is 9.59 Å². The van der Waals surface area contributed by atoms with Crippen molar-refractivity contribution in [3.63, 3.8) is 0 Å². The maximum Gasteiger partial charge on any atom is 0.216 e. The van der Waals surface area contributed by atoms with Crippen LogP contribution < -0.4 is 10.6 Å². The van der Waals surface area contributed by atoms with E-state index in [0.717, 1.165) is 25.9 Å². The molecule has 2 N–H and O–H groups in total. The van der Waals surface area contributed by atoms with E-state index in [1.807, 2.05) is 0 Å². The number of hydrogen-bond donors (Lipinski definition) is 2. The van der Waals surface area contributed by atoms with Crippen LogP contribution in [0.1, 0.15) is 39.5 Å². The molecule has 4 heteroatoms. The zero-order valence-corrected chi connectivity index (χ0v) is 10.2. The number of carbonyl (C=O) groups is 2. The quantitative estimate of drug-likeness (QED) is 0.753. The molecule has 0 aliphatic heterocycles. The normalized spacial score (nSPS) is 24.9. The van der Waals surface area contributed by atoms with Crippen molar-refractivity contribution in [2.45, 2.75) is 39.5 Å². The fraction of sp³-hybridized carbons (Fsp3) is 0.833. The first-order valence-corrected chi connectivity index (χ1v) is 6.08. The Morgan fingerprint density at radius 1 is 0.938 bits per heavy atom. The van der Waals surface area contributed by atoms with Gasteiger partial charge in [0.1, 0.15) is 0 Å². The molecule has 1 aliphatic carbocycles. The van der Waals surface area contributed by atoms with Crippen LogP contribution in [0.25, 0.3) is 0 Å². The summed E-state index contributed by atoms with van der Waals surface area (Å²) in [4.78, 5) is 21.8. The maximum absolute atomic E-state index is 10.9. The van der Waals surface area contributed by atoms with Gasteiger partial charge in [-0.3, -0.25) is 9.59 Å². The lowest BCUT2D eigenvalue weighted by atomic mass is 9.79. The maximum atomic E-state index is 10.9. The molecule has 2 atom stereocenters. The van der Waals surface area contributed by atoms with Gasteiger partial charge in [0.15, 0.2) is 0 Å².